The summed E-state index contributed by atoms with van der Waals surface area (Å²) in [5, 5.41) is 0. The number of halogens is 2. The third-order valence-corrected chi connectivity index (χ3v) is 4.60. The van der Waals surface area contributed by atoms with Gasteiger partial charge in [0.25, 0.3) is 5.92 Å². The van der Waals surface area contributed by atoms with E-state index in [1.54, 1.807) is 12.1 Å². The average molecular weight is 296 g/mol. The fraction of sp³-hybridized carbons (Fsp3) is 0.600. The smallest absolute Gasteiger partial charge is 0.493 e. The van der Waals surface area contributed by atoms with Crippen LogP contribution in [0, 0.1) is 0 Å². The van der Waals surface area contributed by atoms with Crippen LogP contribution in [0.3, 0.4) is 0 Å². The number of rotatable bonds is 1. The first-order chi connectivity index (χ1) is 9.62. The molecule has 21 heavy (non-hydrogen) atoms. The second-order valence-corrected chi connectivity index (χ2v) is 6.65. The van der Waals surface area contributed by atoms with Crippen molar-refractivity contribution in [1.82, 2.24) is 0 Å². The van der Waals surface area contributed by atoms with Crippen LogP contribution in [0.1, 0.15) is 39.7 Å². The molecule has 2 aliphatic heterocycles. The number of hydrogen-bond acceptors (Lipinski definition) is 3. The van der Waals surface area contributed by atoms with Gasteiger partial charge in [0.05, 0.1) is 29.8 Å². The molecule has 0 unspecified atom stereocenters. The van der Waals surface area contributed by atoms with Crippen LogP contribution in [-0.4, -0.2) is 24.9 Å². The molecule has 0 bridgehead atoms. The van der Waals surface area contributed by atoms with Crippen LogP contribution in [0.15, 0.2) is 18.2 Å². The van der Waals surface area contributed by atoms with E-state index in [9.17, 15) is 8.78 Å². The van der Waals surface area contributed by atoms with E-state index < -0.39 is 24.2 Å². The molecule has 0 spiro atoms. The molecule has 6 heteroatoms. The molecule has 0 radical (unpaired) electrons. The Bertz CT molecular complexity index is 556. The van der Waals surface area contributed by atoms with Crippen molar-refractivity contribution in [2.45, 2.75) is 51.2 Å². The van der Waals surface area contributed by atoms with Gasteiger partial charge in [0.15, 0.2) is 0 Å². The molecule has 0 aliphatic carbocycles. The highest BCUT2D eigenvalue weighted by molar-refractivity contribution is 6.62. The average Bonchev–Trinajstić information content (AvgIpc) is 2.57. The van der Waals surface area contributed by atoms with Gasteiger partial charge in [-0.1, -0.05) is 6.07 Å². The van der Waals surface area contributed by atoms with Crippen LogP contribution < -0.4 is 10.2 Å². The summed E-state index contributed by atoms with van der Waals surface area (Å²) < 4.78 is 44.8. The van der Waals surface area contributed by atoms with E-state index >= 15 is 0 Å². The summed E-state index contributed by atoms with van der Waals surface area (Å²) in [6, 6.07) is 4.64. The maximum Gasteiger partial charge on any atom is 0.494 e. The van der Waals surface area contributed by atoms with Crippen molar-refractivity contribution in [3.05, 3.63) is 23.8 Å². The molecule has 1 aromatic rings. The maximum atomic E-state index is 13.8. The first-order valence-corrected chi connectivity index (χ1v) is 7.13. The normalized spacial score (nSPS) is 25.3. The summed E-state index contributed by atoms with van der Waals surface area (Å²) in [6.07, 6.45) is -0.282. The fourth-order valence-electron chi connectivity index (χ4n) is 2.51. The number of alkyl halides is 2. The second kappa shape index (κ2) is 4.43. The lowest BCUT2D eigenvalue weighted by Crippen LogP contribution is -2.41. The molecule has 3 rings (SSSR count). The van der Waals surface area contributed by atoms with Crippen molar-refractivity contribution in [2.75, 3.05) is 6.61 Å². The molecule has 1 saturated heterocycles. The van der Waals surface area contributed by atoms with Gasteiger partial charge in [0.2, 0.25) is 0 Å². The second-order valence-electron chi connectivity index (χ2n) is 6.65. The van der Waals surface area contributed by atoms with Crippen molar-refractivity contribution in [1.29, 1.82) is 0 Å². The van der Waals surface area contributed by atoms with Crippen LogP contribution in [0.25, 0.3) is 0 Å². The van der Waals surface area contributed by atoms with Crippen LogP contribution in [0.2, 0.25) is 0 Å². The molecule has 2 aliphatic rings. The molecular weight excluding hydrogens is 277 g/mol. The van der Waals surface area contributed by atoms with Gasteiger partial charge in [0, 0.05) is 0 Å². The molecule has 1 fully saturated rings. The van der Waals surface area contributed by atoms with Crippen molar-refractivity contribution in [3.8, 4) is 5.75 Å². The van der Waals surface area contributed by atoms with Crippen LogP contribution >= 0.6 is 0 Å². The lowest BCUT2D eigenvalue weighted by atomic mass is 9.78. The Morgan fingerprint density at radius 2 is 1.67 bits per heavy atom. The standard InChI is InChI=1S/C15H19BF2O3/c1-13(2)14(3,4)21-16(20-13)10-5-6-11-12(9-10)19-8-7-15(11,17)18/h5-6,9H,7-8H2,1-4H3. The van der Waals surface area contributed by atoms with Crippen molar-refractivity contribution in [3.63, 3.8) is 0 Å². The Morgan fingerprint density at radius 3 is 2.29 bits per heavy atom. The van der Waals surface area contributed by atoms with Gasteiger partial charge in [-0.25, -0.2) is 8.78 Å². The van der Waals surface area contributed by atoms with E-state index in [4.69, 9.17) is 14.0 Å². The quantitative estimate of drug-likeness (QED) is 0.746. The summed E-state index contributed by atoms with van der Waals surface area (Å²) in [4.78, 5) is 0. The molecule has 0 saturated carbocycles. The molecular formula is C15H19BF2O3. The minimum Gasteiger partial charge on any atom is -0.493 e. The molecule has 2 heterocycles. The monoisotopic (exact) mass is 296 g/mol. The van der Waals surface area contributed by atoms with Gasteiger partial charge < -0.3 is 14.0 Å². The number of benzene rings is 1. The highest BCUT2D eigenvalue weighted by Crippen LogP contribution is 2.41. The van der Waals surface area contributed by atoms with E-state index in [0.717, 1.165) is 0 Å². The number of hydrogen-bond donors (Lipinski definition) is 0. The van der Waals surface area contributed by atoms with Crippen LogP contribution in [0.4, 0.5) is 8.78 Å². The molecule has 0 amide bonds. The van der Waals surface area contributed by atoms with Crippen LogP contribution in [0.5, 0.6) is 5.75 Å². The minimum atomic E-state index is -2.83. The first-order valence-electron chi connectivity index (χ1n) is 7.13. The van der Waals surface area contributed by atoms with Crippen molar-refractivity contribution < 1.29 is 22.8 Å². The fourth-order valence-corrected chi connectivity index (χ4v) is 2.51. The third kappa shape index (κ3) is 2.34. The number of fused-ring (bicyclic) bond motifs is 1. The minimum absolute atomic E-state index is 0.0207. The summed E-state index contributed by atoms with van der Waals surface area (Å²) in [5.74, 6) is -2.61. The van der Waals surface area contributed by atoms with Gasteiger partial charge in [-0.05, 0) is 45.3 Å². The maximum absolute atomic E-state index is 13.8. The van der Waals surface area contributed by atoms with E-state index in [1.165, 1.54) is 6.07 Å². The van der Waals surface area contributed by atoms with E-state index in [-0.39, 0.29) is 24.3 Å². The van der Waals surface area contributed by atoms with Gasteiger partial charge in [-0.15, -0.1) is 0 Å². The molecule has 114 valence electrons. The highest BCUT2D eigenvalue weighted by atomic mass is 19.3. The third-order valence-electron chi connectivity index (χ3n) is 4.60. The van der Waals surface area contributed by atoms with E-state index in [2.05, 4.69) is 0 Å². The Balaban J connectivity index is 1.93. The lowest BCUT2D eigenvalue weighted by molar-refractivity contribution is -0.0404. The molecule has 1 aromatic carbocycles. The number of ether oxygens (including phenoxy) is 1. The Morgan fingerprint density at radius 1 is 1.05 bits per heavy atom. The van der Waals surface area contributed by atoms with Crippen LogP contribution in [-0.2, 0) is 15.2 Å². The Kier molecular flexibility index (Phi) is 3.12. The zero-order valence-corrected chi connectivity index (χ0v) is 12.7. The molecule has 0 aromatic heterocycles. The largest absolute Gasteiger partial charge is 0.494 e. The Hall–Kier alpha value is -1.14. The first kappa shape index (κ1) is 14.8. The predicted octanol–water partition coefficient (Wildman–Crippen LogP) is 2.86. The summed E-state index contributed by atoms with van der Waals surface area (Å²) in [5.41, 5.74) is -0.282. The van der Waals surface area contributed by atoms with Crippen molar-refractivity contribution in [2.24, 2.45) is 0 Å². The summed E-state index contributed by atoms with van der Waals surface area (Å²) in [6.45, 7) is 7.84. The van der Waals surface area contributed by atoms with E-state index in [1.807, 2.05) is 27.7 Å². The molecule has 0 N–H and O–H groups in total. The lowest BCUT2D eigenvalue weighted by Gasteiger charge is -2.32. The topological polar surface area (TPSA) is 27.7 Å². The van der Waals surface area contributed by atoms with Gasteiger partial charge >= 0.3 is 7.12 Å². The van der Waals surface area contributed by atoms with Crippen molar-refractivity contribution >= 4 is 12.6 Å². The predicted molar refractivity (Wildman–Crippen MR) is 76.2 cm³/mol. The SMILES string of the molecule is CC1(C)OB(c2ccc3c(c2)OCCC3(F)F)OC1(C)C. The Labute approximate surface area is 123 Å². The van der Waals surface area contributed by atoms with E-state index in [0.29, 0.717) is 5.46 Å². The summed E-state index contributed by atoms with van der Waals surface area (Å²) in [7, 11) is -0.570. The van der Waals surface area contributed by atoms with Gasteiger partial charge in [-0.2, -0.15) is 0 Å². The summed E-state index contributed by atoms with van der Waals surface area (Å²) >= 11 is 0. The zero-order chi connectivity index (χ0) is 15.5. The van der Waals surface area contributed by atoms with Gasteiger partial charge in [-0.3, -0.25) is 0 Å². The zero-order valence-electron chi connectivity index (χ0n) is 12.7. The highest BCUT2D eigenvalue weighted by Gasteiger charge is 2.52. The molecule has 3 nitrogen and oxygen atoms in total. The van der Waals surface area contributed by atoms with Gasteiger partial charge in [0.1, 0.15) is 5.75 Å². The molecule has 0 atom stereocenters.